The maximum Gasteiger partial charge on any atom is 0.435 e. The fraction of sp³-hybridized carbons (Fsp3) is 0.111. The zero-order valence-electron chi connectivity index (χ0n) is 13.5. The zero-order valence-corrected chi connectivity index (χ0v) is 14.2. The lowest BCUT2D eigenvalue weighted by molar-refractivity contribution is -0.141. The van der Waals surface area contributed by atoms with Gasteiger partial charge in [-0.3, -0.25) is 4.68 Å². The maximum absolute atomic E-state index is 14.3. The third kappa shape index (κ3) is 3.95. The van der Waals surface area contributed by atoms with Crippen LogP contribution in [0.5, 0.6) is 0 Å². The van der Waals surface area contributed by atoms with Gasteiger partial charge in [-0.1, -0.05) is 35.9 Å². The summed E-state index contributed by atoms with van der Waals surface area (Å²) in [5.41, 5.74) is -1.80. The van der Waals surface area contributed by atoms with Gasteiger partial charge in [-0.05, 0) is 23.8 Å². The van der Waals surface area contributed by atoms with Crippen LogP contribution in [0.1, 0.15) is 21.6 Å². The molecule has 0 amide bonds. The molecule has 3 aromatic rings. The fourth-order valence-corrected chi connectivity index (χ4v) is 2.81. The molecule has 0 spiro atoms. The summed E-state index contributed by atoms with van der Waals surface area (Å²) in [6, 6.07) is 9.52. The van der Waals surface area contributed by atoms with E-state index in [-0.39, 0.29) is 28.3 Å². The maximum atomic E-state index is 14.3. The number of alkyl halides is 3. The molecular weight excluding hydrogens is 388 g/mol. The topological polar surface area (TPSA) is 55.1 Å². The standard InChI is InChI=1S/C18H11ClF4N2O2/c19-12-5-1-3-10(7-12)14-9-25(24-16(14)18(21,22)23)8-11-4-2-6-13(15(11)20)17(26)27/h1-7,9H,8H2,(H,26,27). The van der Waals surface area contributed by atoms with Gasteiger partial charge in [-0.15, -0.1) is 0 Å². The Labute approximate surface area is 155 Å². The summed E-state index contributed by atoms with van der Waals surface area (Å²) in [6.45, 7) is -0.364. The quantitative estimate of drug-likeness (QED) is 0.621. The van der Waals surface area contributed by atoms with Crippen LogP contribution in [0.3, 0.4) is 0 Å². The number of carbonyl (C=O) groups is 1. The molecule has 4 nitrogen and oxygen atoms in total. The van der Waals surface area contributed by atoms with E-state index in [1.54, 1.807) is 0 Å². The monoisotopic (exact) mass is 398 g/mol. The number of hydrogen-bond acceptors (Lipinski definition) is 2. The van der Waals surface area contributed by atoms with E-state index in [1.165, 1.54) is 36.4 Å². The van der Waals surface area contributed by atoms with Gasteiger partial charge in [0.15, 0.2) is 5.69 Å². The SMILES string of the molecule is O=C(O)c1cccc(Cn2cc(-c3cccc(Cl)c3)c(C(F)(F)F)n2)c1F. The number of benzene rings is 2. The highest BCUT2D eigenvalue weighted by Crippen LogP contribution is 2.36. The van der Waals surface area contributed by atoms with Gasteiger partial charge in [-0.25, -0.2) is 9.18 Å². The molecule has 1 heterocycles. The normalized spacial score (nSPS) is 11.6. The van der Waals surface area contributed by atoms with E-state index in [0.29, 0.717) is 0 Å². The molecule has 1 aromatic heterocycles. The minimum absolute atomic E-state index is 0.0937. The predicted molar refractivity (Wildman–Crippen MR) is 90.1 cm³/mol. The summed E-state index contributed by atoms with van der Waals surface area (Å²) in [7, 11) is 0. The molecule has 0 aliphatic rings. The van der Waals surface area contributed by atoms with Crippen LogP contribution in [-0.4, -0.2) is 20.9 Å². The van der Waals surface area contributed by atoms with Gasteiger partial charge < -0.3 is 5.11 Å². The second-order valence-corrected chi connectivity index (χ2v) is 6.12. The van der Waals surface area contributed by atoms with Gasteiger partial charge in [0, 0.05) is 22.3 Å². The van der Waals surface area contributed by atoms with Gasteiger partial charge in [0.1, 0.15) is 5.82 Å². The Bertz CT molecular complexity index is 1010. The first-order valence-corrected chi connectivity index (χ1v) is 7.96. The molecule has 0 fully saturated rings. The minimum Gasteiger partial charge on any atom is -0.478 e. The van der Waals surface area contributed by atoms with Crippen LogP contribution in [0.15, 0.2) is 48.7 Å². The van der Waals surface area contributed by atoms with Gasteiger partial charge in [0.25, 0.3) is 0 Å². The Kier molecular flexibility index (Phi) is 4.93. The van der Waals surface area contributed by atoms with Crippen molar-refractivity contribution in [2.45, 2.75) is 12.7 Å². The average molecular weight is 399 g/mol. The molecule has 0 radical (unpaired) electrons. The molecule has 0 aliphatic heterocycles. The van der Waals surface area contributed by atoms with Gasteiger partial charge in [0.2, 0.25) is 0 Å². The molecular formula is C18H11ClF4N2O2. The van der Waals surface area contributed by atoms with Crippen molar-refractivity contribution in [1.82, 2.24) is 9.78 Å². The lowest BCUT2D eigenvalue weighted by Gasteiger charge is -2.06. The summed E-state index contributed by atoms with van der Waals surface area (Å²) in [5, 5.41) is 12.8. The highest BCUT2D eigenvalue weighted by molar-refractivity contribution is 6.30. The van der Waals surface area contributed by atoms with E-state index in [4.69, 9.17) is 16.7 Å². The fourth-order valence-electron chi connectivity index (χ4n) is 2.62. The van der Waals surface area contributed by atoms with Crippen molar-refractivity contribution in [3.63, 3.8) is 0 Å². The molecule has 0 saturated heterocycles. The van der Waals surface area contributed by atoms with E-state index < -0.39 is 29.2 Å². The summed E-state index contributed by atoms with van der Waals surface area (Å²) >= 11 is 5.85. The number of halogens is 5. The Morgan fingerprint density at radius 1 is 1.19 bits per heavy atom. The predicted octanol–water partition coefficient (Wildman–Crippen LogP) is 5.11. The molecule has 27 heavy (non-hydrogen) atoms. The second kappa shape index (κ2) is 7.03. The minimum atomic E-state index is -4.73. The summed E-state index contributed by atoms with van der Waals surface area (Å²) in [4.78, 5) is 11.0. The number of aromatic carboxylic acids is 1. The second-order valence-electron chi connectivity index (χ2n) is 5.68. The summed E-state index contributed by atoms with van der Waals surface area (Å²) in [5.74, 6) is -2.48. The largest absolute Gasteiger partial charge is 0.478 e. The molecule has 0 atom stereocenters. The van der Waals surface area contributed by atoms with E-state index in [9.17, 15) is 22.4 Å². The Morgan fingerprint density at radius 3 is 2.52 bits per heavy atom. The third-order valence-electron chi connectivity index (χ3n) is 3.81. The Hall–Kier alpha value is -2.87. The van der Waals surface area contributed by atoms with Crippen LogP contribution < -0.4 is 0 Å². The van der Waals surface area contributed by atoms with Crippen LogP contribution >= 0.6 is 11.6 Å². The first-order chi connectivity index (χ1) is 12.7. The molecule has 140 valence electrons. The van der Waals surface area contributed by atoms with E-state index >= 15 is 0 Å². The number of hydrogen-bond donors (Lipinski definition) is 1. The average Bonchev–Trinajstić information content (AvgIpc) is 3.01. The first-order valence-electron chi connectivity index (χ1n) is 7.58. The van der Waals surface area contributed by atoms with Crippen LogP contribution in [0.2, 0.25) is 5.02 Å². The number of rotatable bonds is 4. The lowest BCUT2D eigenvalue weighted by atomic mass is 10.1. The lowest BCUT2D eigenvalue weighted by Crippen LogP contribution is -2.11. The molecule has 0 saturated carbocycles. The van der Waals surface area contributed by atoms with Crippen molar-refractivity contribution < 1.29 is 27.5 Å². The molecule has 3 rings (SSSR count). The van der Waals surface area contributed by atoms with Crippen molar-refractivity contribution in [3.05, 3.63) is 76.3 Å². The van der Waals surface area contributed by atoms with Crippen molar-refractivity contribution in [1.29, 1.82) is 0 Å². The van der Waals surface area contributed by atoms with Crippen LogP contribution in [0.25, 0.3) is 11.1 Å². The molecule has 9 heteroatoms. The van der Waals surface area contributed by atoms with Crippen LogP contribution in [0, 0.1) is 5.82 Å². The van der Waals surface area contributed by atoms with E-state index in [1.807, 2.05) is 0 Å². The molecule has 0 unspecified atom stereocenters. The third-order valence-corrected chi connectivity index (χ3v) is 4.04. The highest BCUT2D eigenvalue weighted by atomic mass is 35.5. The highest BCUT2D eigenvalue weighted by Gasteiger charge is 2.37. The van der Waals surface area contributed by atoms with Gasteiger partial charge in [-0.2, -0.15) is 18.3 Å². The smallest absolute Gasteiger partial charge is 0.435 e. The van der Waals surface area contributed by atoms with E-state index in [0.717, 1.165) is 16.9 Å². The van der Waals surface area contributed by atoms with Crippen molar-refractivity contribution in [2.24, 2.45) is 0 Å². The Balaban J connectivity index is 2.06. The molecule has 0 aliphatic carbocycles. The van der Waals surface area contributed by atoms with Crippen LogP contribution in [0.4, 0.5) is 17.6 Å². The van der Waals surface area contributed by atoms with Crippen molar-refractivity contribution in [3.8, 4) is 11.1 Å². The number of aromatic nitrogens is 2. The molecule has 2 aromatic carbocycles. The Morgan fingerprint density at radius 2 is 1.89 bits per heavy atom. The van der Waals surface area contributed by atoms with Crippen molar-refractivity contribution in [2.75, 3.05) is 0 Å². The summed E-state index contributed by atoms with van der Waals surface area (Å²) in [6.07, 6.45) is -3.61. The van der Waals surface area contributed by atoms with Gasteiger partial charge in [0.05, 0.1) is 12.1 Å². The molecule has 1 N–H and O–H groups in total. The first kappa shape index (κ1) is 18.9. The van der Waals surface area contributed by atoms with E-state index in [2.05, 4.69) is 5.10 Å². The van der Waals surface area contributed by atoms with Gasteiger partial charge >= 0.3 is 12.1 Å². The zero-order chi connectivity index (χ0) is 19.8. The molecule has 0 bridgehead atoms. The van der Waals surface area contributed by atoms with Crippen LogP contribution in [-0.2, 0) is 12.7 Å². The number of carboxylic acid groups (broad SMARTS) is 1. The number of carboxylic acids is 1. The number of nitrogens with zero attached hydrogens (tertiary/aromatic N) is 2. The summed E-state index contributed by atoms with van der Waals surface area (Å²) < 4.78 is 55.3. The van der Waals surface area contributed by atoms with Crippen molar-refractivity contribution >= 4 is 17.6 Å².